The predicted molar refractivity (Wildman–Crippen MR) is 125 cm³/mol. The second kappa shape index (κ2) is 7.56. The lowest BCUT2D eigenvalue weighted by atomic mass is 9.77. The third kappa shape index (κ3) is 3.01. The van der Waals surface area contributed by atoms with E-state index in [9.17, 15) is 29.4 Å². The number of phenols is 2. The average molecular weight is 585 g/mol. The fourth-order valence-electron chi connectivity index (χ4n) is 4.10. The van der Waals surface area contributed by atoms with E-state index >= 15 is 0 Å². The summed E-state index contributed by atoms with van der Waals surface area (Å²) in [5, 5.41) is 18.5. The van der Waals surface area contributed by atoms with Crippen molar-refractivity contribution in [3.05, 3.63) is 71.6 Å². The minimum Gasteiger partial charge on any atom is -0.507 e. The minimum absolute atomic E-state index is 0.0357. The number of benzene rings is 3. The van der Waals surface area contributed by atoms with Crippen molar-refractivity contribution < 1.29 is 38.8 Å². The van der Waals surface area contributed by atoms with Crippen molar-refractivity contribution in [2.45, 2.75) is 5.60 Å². The molecule has 8 nitrogen and oxygen atoms in total. The van der Waals surface area contributed by atoms with Gasteiger partial charge in [0.05, 0.1) is 25.7 Å². The number of fused-ring (bicyclic) bond motifs is 6. The summed E-state index contributed by atoms with van der Waals surface area (Å²) in [7, 11) is -5.02. The molecule has 2 heterocycles. The molecule has 5 rings (SSSR count). The molecule has 0 aromatic heterocycles. The Morgan fingerprint density at radius 3 is 2.12 bits per heavy atom. The molecule has 0 fully saturated rings. The molecular formula is C20H8Cl5O8P. The normalized spacial score (nSPS) is 18.3. The van der Waals surface area contributed by atoms with E-state index in [4.69, 9.17) is 67.5 Å². The number of aromatic hydroxyl groups is 2. The van der Waals surface area contributed by atoms with Gasteiger partial charge in [-0.1, -0.05) is 58.0 Å². The van der Waals surface area contributed by atoms with Crippen LogP contribution in [0.4, 0.5) is 0 Å². The highest BCUT2D eigenvalue weighted by atomic mass is 35.5. The lowest BCUT2D eigenvalue weighted by Gasteiger charge is -2.37. The topological polar surface area (TPSA) is 134 Å². The van der Waals surface area contributed by atoms with Gasteiger partial charge in [0.25, 0.3) is 0 Å². The zero-order chi connectivity index (χ0) is 24.9. The van der Waals surface area contributed by atoms with Crippen LogP contribution in [0.25, 0.3) is 0 Å². The van der Waals surface area contributed by atoms with Gasteiger partial charge in [-0.2, -0.15) is 0 Å². The Morgan fingerprint density at radius 2 is 1.47 bits per heavy atom. The minimum atomic E-state index is -5.02. The van der Waals surface area contributed by atoms with Crippen LogP contribution < -0.4 is 10.0 Å². The molecule has 0 aliphatic carbocycles. The highest BCUT2D eigenvalue weighted by molar-refractivity contribution is 7.60. The van der Waals surface area contributed by atoms with Crippen molar-refractivity contribution in [1.29, 1.82) is 0 Å². The number of halogens is 5. The molecule has 3 aromatic carbocycles. The summed E-state index contributed by atoms with van der Waals surface area (Å²) in [4.78, 5) is 32.6. The fraction of sp³-hybridized carbons (Fsp3) is 0.0500. The number of hydrogen-bond donors (Lipinski definition) is 4. The maximum absolute atomic E-state index is 13.1. The van der Waals surface area contributed by atoms with Gasteiger partial charge in [-0.05, 0) is 18.2 Å². The van der Waals surface area contributed by atoms with Crippen molar-refractivity contribution in [3.8, 4) is 23.0 Å². The first kappa shape index (κ1) is 23.9. The zero-order valence-corrected chi connectivity index (χ0v) is 20.7. The largest absolute Gasteiger partial charge is 0.507 e. The number of rotatable bonds is 1. The monoisotopic (exact) mass is 582 g/mol. The number of carbonyl (C=O) groups excluding carboxylic acids is 1. The van der Waals surface area contributed by atoms with E-state index in [2.05, 4.69) is 0 Å². The molecule has 1 atom stereocenters. The standard InChI is InChI=1S/C20H8Cl5O8P/c21-13-7(26)2-1-5-18(13)32-9-4-8(27)10(34(29,30)31)3-6(9)20(5)12-11(19(28)33-20)14(22)16(24)17(25)15(12)23/h1-4,26-27H,(H2,29,30,31). The number of esters is 1. The Labute approximate surface area is 215 Å². The van der Waals surface area contributed by atoms with Crippen LogP contribution in [0.2, 0.25) is 25.1 Å². The molecule has 0 saturated carbocycles. The lowest BCUT2D eigenvalue weighted by Crippen LogP contribution is -2.34. The Bertz CT molecular complexity index is 1520. The number of carbonyl (C=O) groups is 1. The summed E-state index contributed by atoms with van der Waals surface area (Å²) in [6, 6.07) is 4.34. The Hall–Kier alpha value is -1.87. The van der Waals surface area contributed by atoms with E-state index in [1.165, 1.54) is 12.1 Å². The zero-order valence-electron chi connectivity index (χ0n) is 16.1. The third-order valence-electron chi connectivity index (χ3n) is 5.51. The fourth-order valence-corrected chi connectivity index (χ4v) is 6.03. The Morgan fingerprint density at radius 1 is 0.824 bits per heavy atom. The van der Waals surface area contributed by atoms with Gasteiger partial charge < -0.3 is 29.5 Å². The van der Waals surface area contributed by atoms with Crippen LogP contribution in [0, 0.1) is 0 Å². The molecule has 0 amide bonds. The molecule has 3 aromatic rings. The first-order valence-corrected chi connectivity index (χ1v) is 12.5. The van der Waals surface area contributed by atoms with E-state index in [0.717, 1.165) is 12.1 Å². The first-order valence-electron chi connectivity index (χ1n) is 9.03. The molecule has 4 N–H and O–H groups in total. The summed E-state index contributed by atoms with van der Waals surface area (Å²) in [5.74, 6) is -2.53. The van der Waals surface area contributed by atoms with Gasteiger partial charge in [-0.25, -0.2) is 4.79 Å². The van der Waals surface area contributed by atoms with Crippen molar-refractivity contribution in [2.75, 3.05) is 0 Å². The summed E-state index contributed by atoms with van der Waals surface area (Å²) in [6.07, 6.45) is 0. The van der Waals surface area contributed by atoms with Gasteiger partial charge in [-0.15, -0.1) is 0 Å². The molecule has 1 unspecified atom stereocenters. The molecule has 1 spiro atoms. The lowest BCUT2D eigenvalue weighted by molar-refractivity contribution is 0.0225. The maximum atomic E-state index is 13.1. The van der Waals surface area contributed by atoms with E-state index < -0.39 is 30.2 Å². The maximum Gasteiger partial charge on any atom is 0.359 e. The van der Waals surface area contributed by atoms with Crippen molar-refractivity contribution >= 4 is 76.9 Å². The highest BCUT2D eigenvalue weighted by Gasteiger charge is 2.57. The Kier molecular flexibility index (Phi) is 5.31. The molecule has 34 heavy (non-hydrogen) atoms. The van der Waals surface area contributed by atoms with Gasteiger partial charge >= 0.3 is 13.6 Å². The smallest absolute Gasteiger partial charge is 0.359 e. The van der Waals surface area contributed by atoms with E-state index in [1.54, 1.807) is 0 Å². The van der Waals surface area contributed by atoms with Crippen molar-refractivity contribution in [1.82, 2.24) is 0 Å². The highest BCUT2D eigenvalue weighted by Crippen LogP contribution is 2.62. The van der Waals surface area contributed by atoms with E-state index in [1.807, 2.05) is 0 Å². The predicted octanol–water partition coefficient (Wildman–Crippen LogP) is 5.74. The molecule has 0 bridgehead atoms. The second-order valence-corrected chi connectivity index (χ2v) is 10.8. The Balaban J connectivity index is 2.01. The number of hydrogen-bond acceptors (Lipinski definition) is 6. The molecule has 2 aliphatic heterocycles. The second-order valence-electron chi connectivity index (χ2n) is 7.34. The molecule has 14 heteroatoms. The summed E-state index contributed by atoms with van der Waals surface area (Å²) < 4.78 is 23.6. The molecule has 0 saturated heterocycles. The van der Waals surface area contributed by atoms with E-state index in [0.29, 0.717) is 0 Å². The van der Waals surface area contributed by atoms with Crippen LogP contribution in [0.15, 0.2) is 24.3 Å². The summed E-state index contributed by atoms with van der Waals surface area (Å²) >= 11 is 31.5. The van der Waals surface area contributed by atoms with Gasteiger partial charge in [0.2, 0.25) is 0 Å². The summed E-state index contributed by atoms with van der Waals surface area (Å²) in [5.41, 5.74) is -2.46. The van der Waals surface area contributed by atoms with Crippen LogP contribution in [0.1, 0.15) is 27.0 Å². The molecule has 0 radical (unpaired) electrons. The average Bonchev–Trinajstić information content (AvgIpc) is 3.06. The number of ether oxygens (including phenoxy) is 2. The number of phenolic OH excluding ortho intramolecular Hbond substituents is 2. The van der Waals surface area contributed by atoms with Crippen LogP contribution in [-0.2, 0) is 14.9 Å². The van der Waals surface area contributed by atoms with Gasteiger partial charge in [-0.3, -0.25) is 4.57 Å². The molecule has 2 aliphatic rings. The van der Waals surface area contributed by atoms with Crippen LogP contribution in [0.3, 0.4) is 0 Å². The summed E-state index contributed by atoms with van der Waals surface area (Å²) in [6.45, 7) is 0. The SMILES string of the molecule is O=C1OC2(c3cc(P(=O)(O)O)c(O)cc3Oc3c2ccc(O)c3Cl)c2c(Cl)c(Cl)c(Cl)c(Cl)c21. The van der Waals surface area contributed by atoms with Gasteiger partial charge in [0.1, 0.15) is 27.6 Å². The van der Waals surface area contributed by atoms with Gasteiger partial charge in [0, 0.05) is 22.8 Å². The first-order chi connectivity index (χ1) is 15.8. The van der Waals surface area contributed by atoms with E-state index in [-0.39, 0.29) is 64.6 Å². The van der Waals surface area contributed by atoms with Crippen molar-refractivity contribution in [2.24, 2.45) is 0 Å². The van der Waals surface area contributed by atoms with Crippen LogP contribution in [-0.4, -0.2) is 26.0 Å². The van der Waals surface area contributed by atoms with Crippen LogP contribution in [0.5, 0.6) is 23.0 Å². The van der Waals surface area contributed by atoms with Crippen molar-refractivity contribution in [3.63, 3.8) is 0 Å². The molecular weight excluding hydrogens is 576 g/mol. The van der Waals surface area contributed by atoms with Crippen LogP contribution >= 0.6 is 65.6 Å². The third-order valence-corrected chi connectivity index (χ3v) is 8.66. The quantitative estimate of drug-likeness (QED) is 0.123. The molecule has 176 valence electrons. The van der Waals surface area contributed by atoms with Gasteiger partial charge in [0.15, 0.2) is 11.4 Å².